The van der Waals surface area contributed by atoms with E-state index in [2.05, 4.69) is 0 Å². The molecule has 3 heterocycles. The van der Waals surface area contributed by atoms with E-state index in [0.717, 1.165) is 11.3 Å². The highest BCUT2D eigenvalue weighted by molar-refractivity contribution is 6.20. The Kier molecular flexibility index (Phi) is 8.32. The molecule has 3 aliphatic rings. The summed E-state index contributed by atoms with van der Waals surface area (Å²) in [6, 6.07) is 11.7. The molecule has 5 rings (SSSR count). The van der Waals surface area contributed by atoms with E-state index in [9.17, 15) is 24.3 Å². The SMILES string of the molecule is CN1c2ccc(OC[C@H](ON3C(=O)c4ccccc4C3=O)C(=O)OC(C)(C)C)cc2CN1CC1(O)CN(C(=O)OC(C)(C)C)C1. The number of hydrazine groups is 1. The van der Waals surface area contributed by atoms with Crippen molar-refractivity contribution >= 4 is 29.6 Å². The van der Waals surface area contributed by atoms with E-state index in [4.69, 9.17) is 19.0 Å². The molecule has 13 nitrogen and oxygen atoms in total. The quantitative estimate of drug-likeness (QED) is 0.342. The van der Waals surface area contributed by atoms with E-state index in [1.165, 1.54) is 17.0 Å². The molecule has 13 heteroatoms. The van der Waals surface area contributed by atoms with E-state index in [1.54, 1.807) is 59.7 Å². The Labute approximate surface area is 262 Å². The number of hydrogen-bond acceptors (Lipinski definition) is 11. The van der Waals surface area contributed by atoms with Crippen LogP contribution in [0.2, 0.25) is 0 Å². The van der Waals surface area contributed by atoms with Gasteiger partial charge in [-0.05, 0) is 77.4 Å². The minimum absolute atomic E-state index is 0.163. The zero-order chi connectivity index (χ0) is 32.9. The Morgan fingerprint density at radius 1 is 0.933 bits per heavy atom. The number of carbonyl (C=O) groups excluding carboxylic acids is 4. The molecule has 2 aromatic rings. The normalized spacial score (nSPS) is 18.4. The fourth-order valence-electron chi connectivity index (χ4n) is 5.34. The summed E-state index contributed by atoms with van der Waals surface area (Å²) in [5.41, 5.74) is -0.372. The van der Waals surface area contributed by atoms with Gasteiger partial charge >= 0.3 is 12.1 Å². The number of carbonyl (C=O) groups is 4. The van der Waals surface area contributed by atoms with Crippen molar-refractivity contribution in [3.63, 3.8) is 0 Å². The summed E-state index contributed by atoms with van der Waals surface area (Å²) in [4.78, 5) is 58.3. The number of hydroxylamine groups is 2. The molecule has 0 radical (unpaired) electrons. The molecule has 0 aliphatic carbocycles. The number of nitrogens with zero attached hydrogens (tertiary/aromatic N) is 4. The Balaban J connectivity index is 1.22. The molecule has 3 aliphatic heterocycles. The van der Waals surface area contributed by atoms with Crippen molar-refractivity contribution in [3.8, 4) is 5.75 Å². The first-order valence-corrected chi connectivity index (χ1v) is 14.8. The summed E-state index contributed by atoms with van der Waals surface area (Å²) in [6.07, 6.45) is -1.87. The van der Waals surface area contributed by atoms with Crippen LogP contribution in [0.4, 0.5) is 10.5 Å². The average molecular weight is 625 g/mol. The third-order valence-electron chi connectivity index (χ3n) is 7.34. The molecule has 1 atom stereocenters. The molecule has 0 saturated carbocycles. The minimum Gasteiger partial charge on any atom is -0.490 e. The maximum atomic E-state index is 13.1. The van der Waals surface area contributed by atoms with Crippen LogP contribution in [0.25, 0.3) is 0 Å². The minimum atomic E-state index is -1.42. The van der Waals surface area contributed by atoms with Crippen LogP contribution in [0, 0.1) is 0 Å². The van der Waals surface area contributed by atoms with Crippen molar-refractivity contribution in [3.05, 3.63) is 59.2 Å². The number of likely N-dealkylation sites (tertiary alicyclic amines) is 1. The molecule has 0 unspecified atom stereocenters. The Morgan fingerprint density at radius 3 is 2.11 bits per heavy atom. The van der Waals surface area contributed by atoms with Crippen LogP contribution in [0.1, 0.15) is 67.8 Å². The first-order valence-electron chi connectivity index (χ1n) is 14.8. The first-order chi connectivity index (χ1) is 20.9. The summed E-state index contributed by atoms with van der Waals surface area (Å²) in [5, 5.41) is 15.6. The molecule has 2 aromatic carbocycles. The van der Waals surface area contributed by atoms with E-state index in [1.807, 2.05) is 29.2 Å². The molecule has 1 N–H and O–H groups in total. The van der Waals surface area contributed by atoms with Crippen molar-refractivity contribution in [2.45, 2.75) is 71.0 Å². The molecule has 0 bridgehead atoms. The summed E-state index contributed by atoms with van der Waals surface area (Å²) >= 11 is 0. The lowest BCUT2D eigenvalue weighted by atomic mass is 9.94. The number of aliphatic hydroxyl groups is 1. The summed E-state index contributed by atoms with van der Waals surface area (Å²) in [6.45, 7) is 11.2. The smallest absolute Gasteiger partial charge is 0.410 e. The largest absolute Gasteiger partial charge is 0.490 e. The first kappa shape index (κ1) is 32.2. The number of anilines is 1. The Hall–Kier alpha value is -4.20. The van der Waals surface area contributed by atoms with Gasteiger partial charge in [-0.15, -0.1) is 5.06 Å². The fourth-order valence-corrected chi connectivity index (χ4v) is 5.34. The van der Waals surface area contributed by atoms with Gasteiger partial charge in [-0.1, -0.05) is 12.1 Å². The fraction of sp³-hybridized carbons (Fsp3) is 0.500. The molecule has 0 aromatic heterocycles. The van der Waals surface area contributed by atoms with E-state index >= 15 is 0 Å². The number of ether oxygens (including phenoxy) is 3. The number of benzene rings is 2. The van der Waals surface area contributed by atoms with Gasteiger partial charge in [0.2, 0.25) is 6.10 Å². The van der Waals surface area contributed by atoms with Gasteiger partial charge in [0.25, 0.3) is 11.8 Å². The van der Waals surface area contributed by atoms with Gasteiger partial charge in [-0.2, -0.15) is 0 Å². The highest BCUT2D eigenvalue weighted by atomic mass is 16.7. The third kappa shape index (κ3) is 7.05. The molecular formula is C32H40N4O9. The highest BCUT2D eigenvalue weighted by Gasteiger charge is 2.47. The van der Waals surface area contributed by atoms with Gasteiger partial charge in [-0.25, -0.2) is 19.4 Å². The van der Waals surface area contributed by atoms with Gasteiger partial charge in [0.15, 0.2) is 0 Å². The lowest BCUT2D eigenvalue weighted by Gasteiger charge is -2.48. The van der Waals surface area contributed by atoms with Crippen LogP contribution in [0.5, 0.6) is 5.75 Å². The average Bonchev–Trinajstić information content (AvgIpc) is 3.35. The van der Waals surface area contributed by atoms with Crippen LogP contribution < -0.4 is 9.75 Å². The van der Waals surface area contributed by atoms with E-state index in [0.29, 0.717) is 23.9 Å². The second kappa shape index (κ2) is 11.6. The predicted octanol–water partition coefficient (Wildman–Crippen LogP) is 3.15. The lowest BCUT2D eigenvalue weighted by Crippen LogP contribution is -2.68. The second-order valence-electron chi connectivity index (χ2n) is 13.6. The Bertz CT molecular complexity index is 1470. The number of fused-ring (bicyclic) bond motifs is 2. The summed E-state index contributed by atoms with van der Waals surface area (Å²) in [5.74, 6) is -1.71. The monoisotopic (exact) mass is 624 g/mol. The van der Waals surface area contributed by atoms with Crippen LogP contribution in [0.3, 0.4) is 0 Å². The van der Waals surface area contributed by atoms with E-state index < -0.39 is 46.8 Å². The second-order valence-corrected chi connectivity index (χ2v) is 13.6. The molecule has 242 valence electrons. The number of hydrogen-bond donors (Lipinski definition) is 1. The standard InChI is InChI=1S/C32H40N4O9/c1-30(2,3)43-28(39)25(45-36-26(37)22-10-8-9-11-23(22)27(36)38)16-42-21-12-13-24-20(14-21)15-35(33(24)7)19-32(41)17-34(18-32)29(40)44-31(4,5)6/h8-14,25,41H,15-19H2,1-7H3/t25-/m0/s1. The van der Waals surface area contributed by atoms with Gasteiger partial charge in [-0.3, -0.25) is 9.59 Å². The van der Waals surface area contributed by atoms with Crippen LogP contribution in [-0.4, -0.2) is 100 Å². The summed E-state index contributed by atoms with van der Waals surface area (Å²) in [7, 11) is 1.88. The van der Waals surface area contributed by atoms with Crippen molar-refractivity contribution in [2.75, 3.05) is 38.3 Å². The van der Waals surface area contributed by atoms with Crippen molar-refractivity contribution in [2.24, 2.45) is 0 Å². The third-order valence-corrected chi connectivity index (χ3v) is 7.34. The van der Waals surface area contributed by atoms with E-state index in [-0.39, 0.29) is 30.8 Å². The van der Waals surface area contributed by atoms with Crippen LogP contribution >= 0.6 is 0 Å². The number of esters is 1. The molecule has 3 amide bonds. The molecule has 0 spiro atoms. The van der Waals surface area contributed by atoms with Crippen molar-refractivity contribution in [1.82, 2.24) is 15.0 Å². The predicted molar refractivity (Wildman–Crippen MR) is 161 cm³/mol. The zero-order valence-electron chi connectivity index (χ0n) is 26.7. The van der Waals surface area contributed by atoms with Crippen LogP contribution in [0.15, 0.2) is 42.5 Å². The van der Waals surface area contributed by atoms with Gasteiger partial charge in [0, 0.05) is 13.6 Å². The number of β-amino-alcohol motifs (C(OH)–C–C–N with tert-alkyl or cyclic N) is 1. The van der Waals surface area contributed by atoms with Crippen molar-refractivity contribution < 1.29 is 43.3 Å². The van der Waals surface area contributed by atoms with Gasteiger partial charge in [0.1, 0.15) is 29.2 Å². The topological polar surface area (TPSA) is 138 Å². The molecule has 45 heavy (non-hydrogen) atoms. The molecule has 1 saturated heterocycles. The number of rotatable bonds is 8. The maximum absolute atomic E-state index is 13.1. The zero-order valence-corrected chi connectivity index (χ0v) is 26.7. The molecular weight excluding hydrogens is 584 g/mol. The number of imide groups is 1. The maximum Gasteiger partial charge on any atom is 0.410 e. The van der Waals surface area contributed by atoms with Gasteiger partial charge < -0.3 is 29.2 Å². The van der Waals surface area contributed by atoms with Crippen molar-refractivity contribution in [1.29, 1.82) is 0 Å². The van der Waals surface area contributed by atoms with Gasteiger partial charge in [0.05, 0.1) is 36.4 Å². The van der Waals surface area contributed by atoms with Crippen LogP contribution in [-0.2, 0) is 25.7 Å². The molecule has 1 fully saturated rings. The lowest BCUT2D eigenvalue weighted by molar-refractivity contribution is -0.193. The Morgan fingerprint density at radius 2 is 1.53 bits per heavy atom. The number of amides is 3. The summed E-state index contributed by atoms with van der Waals surface area (Å²) < 4.78 is 16.8. The highest BCUT2D eigenvalue weighted by Crippen LogP contribution is 2.35.